The van der Waals surface area contributed by atoms with Gasteiger partial charge in [0.2, 0.25) is 0 Å². The van der Waals surface area contributed by atoms with Crippen molar-refractivity contribution in [2.24, 2.45) is 0 Å². The highest BCUT2D eigenvalue weighted by Gasteiger charge is 2.22. The van der Waals surface area contributed by atoms with E-state index >= 15 is 0 Å². The van der Waals surface area contributed by atoms with E-state index in [4.69, 9.17) is 9.72 Å². The number of aromatic nitrogens is 1. The number of pyridine rings is 1. The topological polar surface area (TPSA) is 25.4 Å². The molecule has 1 aliphatic rings. The van der Waals surface area contributed by atoms with Gasteiger partial charge in [0.1, 0.15) is 0 Å². The average molecular weight is 248 g/mol. The van der Waals surface area contributed by atoms with E-state index < -0.39 is 0 Å². The summed E-state index contributed by atoms with van der Waals surface area (Å²) in [6, 6.07) is 4.44. The molecule has 0 aromatic carbocycles. The van der Waals surface area contributed by atoms with E-state index in [1.54, 1.807) is 0 Å². The number of hydrogen-bond donors (Lipinski definition) is 0. The van der Waals surface area contributed by atoms with Gasteiger partial charge in [0, 0.05) is 24.8 Å². The standard InChI is InChI=1S/C15H24N2O/c1-11(2)14-6-5-13(12-7-8-18-10-12)15(16-14)9-17(3)4/h5-6,11-12H,7-10H2,1-4H3/t12-/m0/s1. The normalized spacial score (nSPS) is 20.0. The molecule has 0 radical (unpaired) electrons. The van der Waals surface area contributed by atoms with Crippen molar-refractivity contribution in [2.45, 2.75) is 38.6 Å². The molecule has 0 N–H and O–H groups in total. The van der Waals surface area contributed by atoms with Crippen LogP contribution in [0.15, 0.2) is 12.1 Å². The predicted octanol–water partition coefficient (Wildman–Crippen LogP) is 2.77. The van der Waals surface area contributed by atoms with E-state index in [2.05, 4.69) is 45.0 Å². The van der Waals surface area contributed by atoms with E-state index in [0.29, 0.717) is 11.8 Å². The van der Waals surface area contributed by atoms with Crippen LogP contribution in [0.4, 0.5) is 0 Å². The van der Waals surface area contributed by atoms with Gasteiger partial charge in [-0.1, -0.05) is 19.9 Å². The van der Waals surface area contributed by atoms with Crippen LogP contribution in [0.5, 0.6) is 0 Å². The molecule has 1 aromatic rings. The molecule has 3 nitrogen and oxygen atoms in total. The summed E-state index contributed by atoms with van der Waals surface area (Å²) in [5, 5.41) is 0. The number of nitrogens with zero attached hydrogens (tertiary/aromatic N) is 2. The largest absolute Gasteiger partial charge is 0.381 e. The summed E-state index contributed by atoms with van der Waals surface area (Å²) < 4.78 is 5.51. The third-order valence-corrected chi connectivity index (χ3v) is 3.46. The second-order valence-corrected chi connectivity index (χ2v) is 5.73. The first kappa shape index (κ1) is 13.5. The minimum atomic E-state index is 0.486. The van der Waals surface area contributed by atoms with Crippen LogP contribution in [0.25, 0.3) is 0 Å². The van der Waals surface area contributed by atoms with Crippen molar-refractivity contribution in [1.82, 2.24) is 9.88 Å². The smallest absolute Gasteiger partial charge is 0.0582 e. The van der Waals surface area contributed by atoms with E-state index in [-0.39, 0.29) is 0 Å². The molecule has 0 spiro atoms. The Balaban J connectivity index is 2.31. The van der Waals surface area contributed by atoms with Gasteiger partial charge in [0.05, 0.1) is 12.3 Å². The van der Waals surface area contributed by atoms with Crippen LogP contribution in [0, 0.1) is 0 Å². The molecule has 100 valence electrons. The molecular weight excluding hydrogens is 224 g/mol. The molecule has 1 saturated heterocycles. The molecule has 0 aliphatic carbocycles. The minimum Gasteiger partial charge on any atom is -0.381 e. The number of hydrogen-bond acceptors (Lipinski definition) is 3. The lowest BCUT2D eigenvalue weighted by Gasteiger charge is -2.18. The maximum Gasteiger partial charge on any atom is 0.0582 e. The lowest BCUT2D eigenvalue weighted by molar-refractivity contribution is 0.193. The Morgan fingerprint density at radius 2 is 2.17 bits per heavy atom. The molecule has 2 heterocycles. The molecule has 0 saturated carbocycles. The van der Waals surface area contributed by atoms with Crippen LogP contribution in [0.2, 0.25) is 0 Å². The Morgan fingerprint density at radius 3 is 2.72 bits per heavy atom. The van der Waals surface area contributed by atoms with E-state index in [0.717, 1.165) is 26.2 Å². The second kappa shape index (κ2) is 5.81. The molecule has 1 aromatic heterocycles. The van der Waals surface area contributed by atoms with Gasteiger partial charge in [0.15, 0.2) is 0 Å². The first-order valence-electron chi connectivity index (χ1n) is 6.80. The molecule has 18 heavy (non-hydrogen) atoms. The third kappa shape index (κ3) is 3.09. The predicted molar refractivity (Wildman–Crippen MR) is 73.9 cm³/mol. The fourth-order valence-electron chi connectivity index (χ4n) is 2.43. The summed E-state index contributed by atoms with van der Waals surface area (Å²) in [5.41, 5.74) is 3.79. The van der Waals surface area contributed by atoms with Gasteiger partial charge in [-0.2, -0.15) is 0 Å². The van der Waals surface area contributed by atoms with Gasteiger partial charge >= 0.3 is 0 Å². The van der Waals surface area contributed by atoms with Crippen LogP contribution < -0.4 is 0 Å². The summed E-state index contributed by atoms with van der Waals surface area (Å²) in [6.07, 6.45) is 1.13. The minimum absolute atomic E-state index is 0.486. The van der Waals surface area contributed by atoms with Crippen LogP contribution in [-0.4, -0.2) is 37.2 Å². The van der Waals surface area contributed by atoms with Gasteiger partial charge < -0.3 is 9.64 Å². The molecule has 0 amide bonds. The fourth-order valence-corrected chi connectivity index (χ4v) is 2.43. The lowest BCUT2D eigenvalue weighted by atomic mass is 9.95. The molecule has 0 unspecified atom stereocenters. The Kier molecular flexibility index (Phi) is 4.36. The van der Waals surface area contributed by atoms with Gasteiger partial charge in [0.25, 0.3) is 0 Å². The number of ether oxygens (including phenoxy) is 1. The quantitative estimate of drug-likeness (QED) is 0.819. The van der Waals surface area contributed by atoms with Crippen molar-refractivity contribution < 1.29 is 4.74 Å². The van der Waals surface area contributed by atoms with Crippen molar-refractivity contribution >= 4 is 0 Å². The van der Waals surface area contributed by atoms with E-state index in [9.17, 15) is 0 Å². The first-order chi connectivity index (χ1) is 8.58. The first-order valence-corrected chi connectivity index (χ1v) is 6.80. The van der Waals surface area contributed by atoms with Crippen LogP contribution in [0.1, 0.15) is 49.1 Å². The zero-order chi connectivity index (χ0) is 13.1. The Morgan fingerprint density at radius 1 is 1.39 bits per heavy atom. The summed E-state index contributed by atoms with van der Waals surface area (Å²) in [7, 11) is 4.19. The molecular formula is C15H24N2O. The highest BCUT2D eigenvalue weighted by atomic mass is 16.5. The maximum absolute atomic E-state index is 5.51. The summed E-state index contributed by atoms with van der Waals surface area (Å²) in [4.78, 5) is 7.05. The molecule has 0 bridgehead atoms. The van der Waals surface area contributed by atoms with Gasteiger partial charge in [-0.05, 0) is 38.1 Å². The SMILES string of the molecule is CC(C)c1ccc([C@H]2CCOC2)c(CN(C)C)n1. The van der Waals surface area contributed by atoms with Gasteiger partial charge in [-0.15, -0.1) is 0 Å². The monoisotopic (exact) mass is 248 g/mol. The molecule has 1 atom stereocenters. The zero-order valence-electron chi connectivity index (χ0n) is 11.9. The van der Waals surface area contributed by atoms with E-state index in [1.165, 1.54) is 17.0 Å². The van der Waals surface area contributed by atoms with Crippen molar-refractivity contribution in [3.63, 3.8) is 0 Å². The average Bonchev–Trinajstić information content (AvgIpc) is 2.81. The molecule has 2 rings (SSSR count). The highest BCUT2D eigenvalue weighted by Crippen LogP contribution is 2.29. The maximum atomic E-state index is 5.51. The molecule has 1 aliphatic heterocycles. The van der Waals surface area contributed by atoms with Crippen LogP contribution in [-0.2, 0) is 11.3 Å². The van der Waals surface area contributed by atoms with Crippen molar-refractivity contribution in [3.8, 4) is 0 Å². The van der Waals surface area contributed by atoms with Crippen LogP contribution >= 0.6 is 0 Å². The zero-order valence-corrected chi connectivity index (χ0v) is 11.9. The Bertz CT molecular complexity index is 395. The summed E-state index contributed by atoms with van der Waals surface area (Å²) in [6.45, 7) is 7.04. The Hall–Kier alpha value is -0.930. The number of rotatable bonds is 4. The van der Waals surface area contributed by atoms with Gasteiger partial charge in [-0.3, -0.25) is 4.98 Å². The lowest BCUT2D eigenvalue weighted by Crippen LogP contribution is -2.16. The van der Waals surface area contributed by atoms with Crippen LogP contribution in [0.3, 0.4) is 0 Å². The molecule has 3 heteroatoms. The Labute approximate surface area is 110 Å². The third-order valence-electron chi connectivity index (χ3n) is 3.46. The van der Waals surface area contributed by atoms with Crippen molar-refractivity contribution in [3.05, 3.63) is 29.1 Å². The van der Waals surface area contributed by atoms with Crippen molar-refractivity contribution in [1.29, 1.82) is 0 Å². The summed E-state index contributed by atoms with van der Waals surface area (Å²) >= 11 is 0. The second-order valence-electron chi connectivity index (χ2n) is 5.73. The van der Waals surface area contributed by atoms with Crippen molar-refractivity contribution in [2.75, 3.05) is 27.3 Å². The molecule has 1 fully saturated rings. The van der Waals surface area contributed by atoms with E-state index in [1.807, 2.05) is 0 Å². The highest BCUT2D eigenvalue weighted by molar-refractivity contribution is 5.28. The fraction of sp³-hybridized carbons (Fsp3) is 0.667. The summed E-state index contributed by atoms with van der Waals surface area (Å²) in [5.74, 6) is 1.02. The van der Waals surface area contributed by atoms with Gasteiger partial charge in [-0.25, -0.2) is 0 Å².